The van der Waals surface area contributed by atoms with Gasteiger partial charge in [0.1, 0.15) is 0 Å². The fraction of sp³-hybridized carbons (Fsp3) is 0.364. The topological polar surface area (TPSA) is 69.6 Å². The van der Waals surface area contributed by atoms with E-state index in [4.69, 9.17) is 10.2 Å². The molecular weight excluding hydrogens is 226 g/mol. The van der Waals surface area contributed by atoms with Crippen molar-refractivity contribution in [3.05, 3.63) is 24.3 Å². The Morgan fingerprint density at radius 1 is 1.44 bits per heavy atom. The maximum absolute atomic E-state index is 10.8. The third kappa shape index (κ3) is 4.65. The Morgan fingerprint density at radius 3 is 2.56 bits per heavy atom. The number of aliphatic hydroxyl groups is 2. The predicted molar refractivity (Wildman–Crippen MR) is 64.6 cm³/mol. The summed E-state index contributed by atoms with van der Waals surface area (Å²) in [4.78, 5) is 11.8. The monoisotopic (exact) mass is 241 g/mol. The van der Waals surface area contributed by atoms with Crippen LogP contribution < -0.4 is 5.32 Å². The summed E-state index contributed by atoms with van der Waals surface area (Å²) in [7, 11) is 0. The van der Waals surface area contributed by atoms with Crippen LogP contribution in [0.15, 0.2) is 29.2 Å². The maximum Gasteiger partial charge on any atom is 0.221 e. The van der Waals surface area contributed by atoms with E-state index >= 15 is 0 Å². The molecule has 5 heteroatoms. The smallest absolute Gasteiger partial charge is 0.221 e. The Morgan fingerprint density at radius 2 is 2.06 bits per heavy atom. The average Bonchev–Trinajstić information content (AvgIpc) is 2.27. The van der Waals surface area contributed by atoms with E-state index in [9.17, 15) is 4.79 Å². The van der Waals surface area contributed by atoms with Gasteiger partial charge in [-0.15, -0.1) is 11.8 Å². The van der Waals surface area contributed by atoms with Gasteiger partial charge in [0.15, 0.2) is 0 Å². The second-order valence-corrected chi connectivity index (χ2v) is 4.45. The molecule has 0 saturated carbocycles. The highest BCUT2D eigenvalue weighted by Crippen LogP contribution is 2.20. The molecule has 1 aromatic rings. The third-order valence-electron chi connectivity index (χ3n) is 1.83. The van der Waals surface area contributed by atoms with Gasteiger partial charge in [0, 0.05) is 23.3 Å². The number of aliphatic hydroxyl groups excluding tert-OH is 2. The first-order valence-electron chi connectivity index (χ1n) is 4.91. The van der Waals surface area contributed by atoms with Crippen molar-refractivity contribution >= 4 is 23.4 Å². The van der Waals surface area contributed by atoms with E-state index < -0.39 is 6.10 Å². The van der Waals surface area contributed by atoms with Crippen LogP contribution in [0.3, 0.4) is 0 Å². The maximum atomic E-state index is 10.8. The van der Waals surface area contributed by atoms with Crippen molar-refractivity contribution in [3.8, 4) is 0 Å². The molecule has 4 nitrogen and oxygen atoms in total. The van der Waals surface area contributed by atoms with Crippen molar-refractivity contribution in [1.29, 1.82) is 0 Å². The van der Waals surface area contributed by atoms with Crippen LogP contribution in [0.25, 0.3) is 0 Å². The predicted octanol–water partition coefficient (Wildman–Crippen LogP) is 1.09. The minimum absolute atomic E-state index is 0.101. The first-order chi connectivity index (χ1) is 7.61. The lowest BCUT2D eigenvalue weighted by molar-refractivity contribution is -0.114. The van der Waals surface area contributed by atoms with E-state index in [0.717, 1.165) is 10.6 Å². The SMILES string of the molecule is CC(=O)Nc1ccc(SCC(O)CO)cc1. The first kappa shape index (κ1) is 13.0. The highest BCUT2D eigenvalue weighted by Gasteiger charge is 2.03. The van der Waals surface area contributed by atoms with Gasteiger partial charge in [-0.25, -0.2) is 0 Å². The summed E-state index contributed by atoms with van der Waals surface area (Å²) in [6.45, 7) is 1.23. The van der Waals surface area contributed by atoms with Crippen molar-refractivity contribution in [3.63, 3.8) is 0 Å². The number of thioether (sulfide) groups is 1. The van der Waals surface area contributed by atoms with Crippen LogP contribution in [-0.2, 0) is 4.79 Å². The molecule has 0 aliphatic heterocycles. The van der Waals surface area contributed by atoms with Crippen LogP contribution >= 0.6 is 11.8 Å². The molecule has 1 amide bonds. The number of amides is 1. The molecule has 0 bridgehead atoms. The summed E-state index contributed by atoms with van der Waals surface area (Å²) in [6.07, 6.45) is -0.694. The Bertz CT molecular complexity index is 340. The van der Waals surface area contributed by atoms with Gasteiger partial charge in [-0.2, -0.15) is 0 Å². The summed E-state index contributed by atoms with van der Waals surface area (Å²) in [6, 6.07) is 7.32. The zero-order chi connectivity index (χ0) is 12.0. The average molecular weight is 241 g/mol. The molecule has 88 valence electrons. The summed E-state index contributed by atoms with van der Waals surface area (Å²) < 4.78 is 0. The minimum atomic E-state index is -0.694. The van der Waals surface area contributed by atoms with E-state index in [1.165, 1.54) is 18.7 Å². The van der Waals surface area contributed by atoms with Gasteiger partial charge in [-0.1, -0.05) is 0 Å². The van der Waals surface area contributed by atoms with Gasteiger partial charge in [-0.3, -0.25) is 4.79 Å². The lowest BCUT2D eigenvalue weighted by Crippen LogP contribution is -2.14. The molecule has 3 N–H and O–H groups in total. The fourth-order valence-corrected chi connectivity index (χ4v) is 1.90. The van der Waals surface area contributed by atoms with Crippen LogP contribution in [0, 0.1) is 0 Å². The molecule has 16 heavy (non-hydrogen) atoms. The van der Waals surface area contributed by atoms with E-state index in [-0.39, 0.29) is 12.5 Å². The summed E-state index contributed by atoms with van der Waals surface area (Å²) in [5.41, 5.74) is 0.750. The number of rotatable bonds is 5. The molecule has 0 radical (unpaired) electrons. The van der Waals surface area contributed by atoms with Gasteiger partial charge in [0.05, 0.1) is 12.7 Å². The first-order valence-corrected chi connectivity index (χ1v) is 5.89. The number of hydrogen-bond acceptors (Lipinski definition) is 4. The molecule has 0 saturated heterocycles. The van der Waals surface area contributed by atoms with Crippen molar-refractivity contribution in [1.82, 2.24) is 0 Å². The third-order valence-corrected chi connectivity index (χ3v) is 2.98. The molecule has 1 rings (SSSR count). The van der Waals surface area contributed by atoms with Gasteiger partial charge in [0.2, 0.25) is 5.91 Å². The second-order valence-electron chi connectivity index (χ2n) is 3.35. The molecular formula is C11H15NO3S. The number of carbonyl (C=O) groups is 1. The molecule has 0 heterocycles. The quantitative estimate of drug-likeness (QED) is 0.675. The molecule has 0 aliphatic rings. The molecule has 1 atom stereocenters. The molecule has 0 aromatic heterocycles. The number of nitrogens with one attached hydrogen (secondary N) is 1. The number of benzene rings is 1. The number of hydrogen-bond donors (Lipinski definition) is 3. The van der Waals surface area contributed by atoms with Gasteiger partial charge in [0.25, 0.3) is 0 Å². The van der Waals surface area contributed by atoms with Gasteiger partial charge >= 0.3 is 0 Å². The Hall–Kier alpha value is -1.04. The fourth-order valence-electron chi connectivity index (χ4n) is 1.08. The second kappa shape index (κ2) is 6.52. The van der Waals surface area contributed by atoms with E-state index in [1.54, 1.807) is 12.1 Å². The van der Waals surface area contributed by atoms with Crippen LogP contribution in [-0.4, -0.2) is 34.6 Å². The number of carbonyl (C=O) groups excluding carboxylic acids is 1. The van der Waals surface area contributed by atoms with E-state index in [1.807, 2.05) is 12.1 Å². The van der Waals surface area contributed by atoms with E-state index in [0.29, 0.717) is 5.75 Å². The lowest BCUT2D eigenvalue weighted by atomic mass is 10.3. The van der Waals surface area contributed by atoms with Crippen LogP contribution in [0.1, 0.15) is 6.92 Å². The molecule has 1 unspecified atom stereocenters. The van der Waals surface area contributed by atoms with Crippen LogP contribution in [0.2, 0.25) is 0 Å². The molecule has 0 aliphatic carbocycles. The van der Waals surface area contributed by atoms with Gasteiger partial charge < -0.3 is 15.5 Å². The zero-order valence-corrected chi connectivity index (χ0v) is 9.83. The summed E-state index contributed by atoms with van der Waals surface area (Å²) >= 11 is 1.46. The Labute approximate surface area is 98.7 Å². The minimum Gasteiger partial charge on any atom is -0.394 e. The standard InChI is InChI=1S/C11H15NO3S/c1-8(14)12-9-2-4-11(5-3-9)16-7-10(15)6-13/h2-5,10,13,15H,6-7H2,1H3,(H,12,14). The number of anilines is 1. The zero-order valence-electron chi connectivity index (χ0n) is 9.01. The highest BCUT2D eigenvalue weighted by atomic mass is 32.2. The lowest BCUT2D eigenvalue weighted by Gasteiger charge is -2.07. The van der Waals surface area contributed by atoms with Gasteiger partial charge in [-0.05, 0) is 24.3 Å². The Kier molecular flexibility index (Phi) is 5.31. The van der Waals surface area contributed by atoms with Crippen molar-refractivity contribution < 1.29 is 15.0 Å². The largest absolute Gasteiger partial charge is 0.394 e. The van der Waals surface area contributed by atoms with Crippen molar-refractivity contribution in [2.24, 2.45) is 0 Å². The molecule has 1 aromatic carbocycles. The van der Waals surface area contributed by atoms with Crippen molar-refractivity contribution in [2.75, 3.05) is 17.7 Å². The van der Waals surface area contributed by atoms with Crippen LogP contribution in [0.5, 0.6) is 0 Å². The van der Waals surface area contributed by atoms with Crippen LogP contribution in [0.4, 0.5) is 5.69 Å². The molecule has 0 spiro atoms. The highest BCUT2D eigenvalue weighted by molar-refractivity contribution is 7.99. The Balaban J connectivity index is 2.48. The van der Waals surface area contributed by atoms with Crippen molar-refractivity contribution in [2.45, 2.75) is 17.9 Å². The molecule has 0 fully saturated rings. The normalized spacial score (nSPS) is 12.2. The summed E-state index contributed by atoms with van der Waals surface area (Å²) in [5, 5.41) is 20.5. The summed E-state index contributed by atoms with van der Waals surface area (Å²) in [5.74, 6) is 0.354. The van der Waals surface area contributed by atoms with E-state index in [2.05, 4.69) is 5.32 Å².